The van der Waals surface area contributed by atoms with Crippen molar-refractivity contribution in [2.45, 2.75) is 265 Å². The second-order valence-electron chi connectivity index (χ2n) is 27.4. The lowest BCUT2D eigenvalue weighted by molar-refractivity contribution is -0.152. The smallest absolute Gasteiger partial charge is 0.307 e. The molecule has 5 amide bonds. The van der Waals surface area contributed by atoms with Gasteiger partial charge in [-0.05, 0) is 73.6 Å². The van der Waals surface area contributed by atoms with Gasteiger partial charge in [0, 0.05) is 152 Å². The van der Waals surface area contributed by atoms with Gasteiger partial charge < -0.3 is 45.9 Å². The molecule has 0 saturated carbocycles. The number of fused-ring (bicyclic) bond motifs is 3. The Hall–Kier alpha value is -8.98. The van der Waals surface area contributed by atoms with Crippen LogP contribution in [0.4, 0.5) is 0 Å². The van der Waals surface area contributed by atoms with Gasteiger partial charge in [0.1, 0.15) is 59.7 Å². The van der Waals surface area contributed by atoms with Crippen molar-refractivity contribution in [3.8, 4) is 11.1 Å². The number of nitrogens with one attached hydrogen (secondary N) is 5. The molecule has 27 heteroatoms. The Labute approximate surface area is 633 Å². The normalized spacial score (nSPS) is 13.8. The highest BCUT2D eigenvalue weighted by Crippen LogP contribution is 2.44. The zero-order chi connectivity index (χ0) is 80.3. The van der Waals surface area contributed by atoms with Gasteiger partial charge in [-0.3, -0.25) is 86.3 Å². The van der Waals surface area contributed by atoms with E-state index < -0.39 is 164 Å². The van der Waals surface area contributed by atoms with Crippen LogP contribution in [-0.4, -0.2) is 174 Å². The highest BCUT2D eigenvalue weighted by atomic mass is 16.5. The number of Topliss-reactive ketones (excluding diaryl/α,β-unsaturated/α-hetero) is 11. The fraction of sp³-hybridized carbons (Fsp3) is 0.630. The zero-order valence-electron chi connectivity index (χ0n) is 64.4. The highest BCUT2D eigenvalue weighted by Gasteiger charge is 2.35. The van der Waals surface area contributed by atoms with Gasteiger partial charge in [0.2, 0.25) is 29.5 Å². The number of hydrogen-bond acceptors (Lipinski definition) is 21. The molecule has 6 N–H and O–H groups in total. The Morgan fingerprint density at radius 2 is 0.759 bits per heavy atom. The van der Waals surface area contributed by atoms with E-state index >= 15 is 0 Å². The molecule has 0 aromatic heterocycles. The van der Waals surface area contributed by atoms with Crippen molar-refractivity contribution in [2.75, 3.05) is 39.6 Å². The summed E-state index contributed by atoms with van der Waals surface area (Å²) in [6.07, 6.45) is -3.85. The highest BCUT2D eigenvalue weighted by molar-refractivity contribution is 5.97. The van der Waals surface area contributed by atoms with E-state index in [1.807, 2.05) is 48.5 Å². The van der Waals surface area contributed by atoms with Gasteiger partial charge in [-0.2, -0.15) is 0 Å². The molecule has 1 aliphatic rings. The minimum absolute atomic E-state index is 0.000926. The maximum atomic E-state index is 14.8. The molecule has 8 unspecified atom stereocenters. The molecule has 1 aliphatic carbocycles. The Morgan fingerprint density at radius 3 is 1.26 bits per heavy atom. The first-order chi connectivity index (χ1) is 51.6. The Bertz CT molecular complexity index is 3390. The summed E-state index contributed by atoms with van der Waals surface area (Å²) in [6.45, 7) is 12.0. The molecule has 108 heavy (non-hydrogen) atoms. The quantitative estimate of drug-likeness (QED) is 0.0267. The van der Waals surface area contributed by atoms with Crippen LogP contribution < -0.4 is 26.6 Å². The summed E-state index contributed by atoms with van der Waals surface area (Å²) in [4.78, 5) is 239. The molecule has 3 rings (SSSR count). The number of carboxylic acid groups (broad SMARTS) is 1. The molecule has 2 aromatic carbocycles. The Morgan fingerprint density at radius 1 is 0.361 bits per heavy atom. The van der Waals surface area contributed by atoms with Crippen LogP contribution in [0.25, 0.3) is 11.1 Å². The minimum Gasteiger partial charge on any atom is -0.481 e. The molecule has 0 saturated heterocycles. The molecule has 27 nitrogen and oxygen atoms in total. The number of carboxylic acids is 1. The third-order valence-corrected chi connectivity index (χ3v) is 19.6. The summed E-state index contributed by atoms with van der Waals surface area (Å²) < 4.78 is 16.8. The first kappa shape index (κ1) is 93.2. The summed E-state index contributed by atoms with van der Waals surface area (Å²) in [5, 5.41) is 23.0. The standard InChI is InChI=1S/C81H115N5O22/c1-9-55(87)29-25-51(70(93)13-5)45-59(91)33-36-68(74(97)47-52(71(94)14-6)26-30-56(88)10-2)84-76(99)39-27-53(79(102)86-69(80(103)85-67(73(96)16-8)35-32-58(90)12-4)37-40-77(100)83-66(72(95)15-7)34-31-57(89)11-3)46-60(92)49-107-44-43-106-42-41-82-75(98)38-28-54(81(104)105)48-78(101)108-50-65-63-23-19-17-21-61(63)62-22-18-20-24-64(62)65/h17-24,51-54,65-69H,9-16,25-50H2,1-8H3,(H,82,98)(H,83,100)(H,84,99)(H,85,103)(H,86,102)(H,104,105). The van der Waals surface area contributed by atoms with E-state index in [0.29, 0.717) is 0 Å². The van der Waals surface area contributed by atoms with Crippen LogP contribution in [0.3, 0.4) is 0 Å². The topological polar surface area (TPSA) is 415 Å². The van der Waals surface area contributed by atoms with Crippen molar-refractivity contribution in [2.24, 2.45) is 23.7 Å². The third-order valence-electron chi connectivity index (χ3n) is 19.6. The van der Waals surface area contributed by atoms with Crippen LogP contribution in [0.2, 0.25) is 0 Å². The molecule has 0 aliphatic heterocycles. The van der Waals surface area contributed by atoms with Crippen molar-refractivity contribution in [3.63, 3.8) is 0 Å². The molecular formula is C81H115N5O22. The van der Waals surface area contributed by atoms with Crippen molar-refractivity contribution in [3.05, 3.63) is 59.7 Å². The first-order valence-electron chi connectivity index (χ1n) is 38.5. The monoisotopic (exact) mass is 1510 g/mol. The van der Waals surface area contributed by atoms with E-state index in [2.05, 4.69) is 26.6 Å². The number of amides is 5. The molecular weight excluding hydrogens is 1390 g/mol. The van der Waals surface area contributed by atoms with E-state index in [1.165, 1.54) is 0 Å². The van der Waals surface area contributed by atoms with Gasteiger partial charge in [0.15, 0.2) is 23.1 Å². The van der Waals surface area contributed by atoms with Crippen molar-refractivity contribution in [1.82, 2.24) is 26.6 Å². The number of benzene rings is 2. The predicted molar refractivity (Wildman–Crippen MR) is 398 cm³/mol. The van der Waals surface area contributed by atoms with Crippen LogP contribution in [-0.2, 0) is 101 Å². The SMILES string of the molecule is CCC(=O)CCC(CC(=O)CCC(NC(=O)CCC(CC(=O)COCCOCCNC(=O)CCC(CC(=O)OCC1c2ccccc2-c2ccccc21)C(=O)O)C(=O)NC(CCC(=O)NC(CCC(=O)CC)C(=O)CC)C(=O)NC(CCC(=O)CC)C(=O)CC)C(=O)CC(CCC(=O)CC)C(=O)CC)C(=O)CC. The van der Waals surface area contributed by atoms with Gasteiger partial charge in [-0.25, -0.2) is 0 Å². The average molecular weight is 1510 g/mol. The van der Waals surface area contributed by atoms with Crippen molar-refractivity contribution < 1.29 is 106 Å². The van der Waals surface area contributed by atoms with E-state index in [1.54, 1.807) is 55.4 Å². The fourth-order valence-corrected chi connectivity index (χ4v) is 12.7. The van der Waals surface area contributed by atoms with E-state index in [-0.39, 0.29) is 214 Å². The van der Waals surface area contributed by atoms with Crippen LogP contribution in [0.15, 0.2) is 48.5 Å². The summed E-state index contributed by atoms with van der Waals surface area (Å²) in [5.41, 5.74) is 4.05. The van der Waals surface area contributed by atoms with Gasteiger partial charge >= 0.3 is 11.9 Å². The molecule has 0 heterocycles. The van der Waals surface area contributed by atoms with Gasteiger partial charge in [0.25, 0.3) is 0 Å². The second-order valence-corrected chi connectivity index (χ2v) is 27.4. The predicted octanol–water partition coefficient (Wildman–Crippen LogP) is 8.32. The lowest BCUT2D eigenvalue weighted by Gasteiger charge is -2.25. The third kappa shape index (κ3) is 34.5. The molecule has 0 fully saturated rings. The molecule has 596 valence electrons. The Kier molecular flexibility index (Phi) is 44.3. The van der Waals surface area contributed by atoms with E-state index in [4.69, 9.17) is 14.2 Å². The summed E-state index contributed by atoms with van der Waals surface area (Å²) in [7, 11) is 0. The maximum Gasteiger partial charge on any atom is 0.307 e. The molecule has 0 bridgehead atoms. The summed E-state index contributed by atoms with van der Waals surface area (Å²) in [6, 6.07) is 10.2. The van der Waals surface area contributed by atoms with Crippen LogP contribution in [0.5, 0.6) is 0 Å². The van der Waals surface area contributed by atoms with Crippen molar-refractivity contribution in [1.29, 1.82) is 0 Å². The largest absolute Gasteiger partial charge is 0.481 e. The van der Waals surface area contributed by atoms with Crippen molar-refractivity contribution >= 4 is 105 Å². The zero-order valence-corrected chi connectivity index (χ0v) is 64.4. The van der Waals surface area contributed by atoms with Crippen LogP contribution in [0, 0.1) is 23.7 Å². The Balaban J connectivity index is 1.85. The lowest BCUT2D eigenvalue weighted by atomic mass is 9.86. The number of hydrogen-bond donors (Lipinski definition) is 6. The van der Waals surface area contributed by atoms with Crippen LogP contribution in [0.1, 0.15) is 252 Å². The number of rotatable bonds is 62. The minimum atomic E-state index is -1.64. The molecule has 0 spiro atoms. The van der Waals surface area contributed by atoms with Gasteiger partial charge in [0.05, 0.1) is 50.3 Å². The van der Waals surface area contributed by atoms with Gasteiger partial charge in [-0.1, -0.05) is 104 Å². The molecule has 2 aromatic rings. The lowest BCUT2D eigenvalue weighted by Crippen LogP contribution is -2.53. The average Bonchev–Trinajstić information content (AvgIpc) is 1.62. The number of ketones is 11. The number of esters is 1. The maximum absolute atomic E-state index is 14.8. The van der Waals surface area contributed by atoms with E-state index in [9.17, 15) is 91.4 Å². The number of carbonyl (C=O) groups is 18. The second kappa shape index (κ2) is 51.4. The molecule has 0 radical (unpaired) electrons. The number of aliphatic carboxylic acids is 1. The first-order valence-corrected chi connectivity index (χ1v) is 38.5. The number of ether oxygens (including phenoxy) is 3. The van der Waals surface area contributed by atoms with Crippen LogP contribution >= 0.6 is 0 Å². The summed E-state index contributed by atoms with van der Waals surface area (Å²) in [5.74, 6) is -14.4. The number of carbonyl (C=O) groups excluding carboxylic acids is 17. The fourth-order valence-electron chi connectivity index (χ4n) is 12.7. The van der Waals surface area contributed by atoms with E-state index in [0.717, 1.165) is 22.3 Å². The summed E-state index contributed by atoms with van der Waals surface area (Å²) >= 11 is 0. The van der Waals surface area contributed by atoms with Gasteiger partial charge in [-0.15, -0.1) is 0 Å². The molecule has 8 atom stereocenters.